The van der Waals surface area contributed by atoms with Crippen molar-refractivity contribution in [1.82, 2.24) is 4.90 Å². The van der Waals surface area contributed by atoms with Crippen LogP contribution in [0.5, 0.6) is 5.75 Å². The third-order valence-corrected chi connectivity index (χ3v) is 4.01. The van der Waals surface area contributed by atoms with E-state index in [2.05, 4.69) is 0 Å². The Morgan fingerprint density at radius 3 is 2.60 bits per heavy atom. The topological polar surface area (TPSA) is 66.8 Å². The lowest BCUT2D eigenvalue weighted by molar-refractivity contribution is -0.134. The maximum Gasteiger partial charge on any atom is 0.267 e. The van der Waals surface area contributed by atoms with E-state index in [1.54, 1.807) is 24.3 Å². The summed E-state index contributed by atoms with van der Waals surface area (Å²) in [5.74, 6) is 0.219. The highest BCUT2D eigenvalue weighted by Crippen LogP contribution is 2.38. The smallest absolute Gasteiger partial charge is 0.267 e. The standard InChI is InChI=1S/C14H15NO4S/c1-15-13(17)11(12(14(15)18)20-8-7-16)9-5-3-4-6-10(9)19-2/h3-6,16H,7-8H2,1-2H3. The third-order valence-electron chi connectivity index (χ3n) is 2.96. The molecule has 1 aromatic carbocycles. The van der Waals surface area contributed by atoms with Gasteiger partial charge in [0.2, 0.25) is 0 Å². The van der Waals surface area contributed by atoms with Gasteiger partial charge in [0, 0.05) is 18.4 Å². The van der Waals surface area contributed by atoms with Crippen LogP contribution in [0.3, 0.4) is 0 Å². The average molecular weight is 293 g/mol. The molecule has 0 aromatic heterocycles. The van der Waals surface area contributed by atoms with Gasteiger partial charge in [-0.2, -0.15) is 0 Å². The van der Waals surface area contributed by atoms with Crippen LogP contribution in [0.4, 0.5) is 0 Å². The zero-order valence-electron chi connectivity index (χ0n) is 11.3. The minimum Gasteiger partial charge on any atom is -0.496 e. The maximum absolute atomic E-state index is 12.3. The van der Waals surface area contributed by atoms with E-state index >= 15 is 0 Å². The van der Waals surface area contributed by atoms with E-state index in [9.17, 15) is 9.59 Å². The number of benzene rings is 1. The van der Waals surface area contributed by atoms with E-state index in [0.29, 0.717) is 27.5 Å². The number of nitrogens with zero attached hydrogens (tertiary/aromatic N) is 1. The van der Waals surface area contributed by atoms with Gasteiger partial charge < -0.3 is 9.84 Å². The number of hydrogen-bond donors (Lipinski definition) is 1. The Morgan fingerprint density at radius 1 is 1.25 bits per heavy atom. The van der Waals surface area contributed by atoms with Gasteiger partial charge in [0.05, 0.1) is 24.2 Å². The molecule has 2 rings (SSSR count). The van der Waals surface area contributed by atoms with Crippen molar-refractivity contribution in [2.75, 3.05) is 26.5 Å². The predicted molar refractivity (Wildman–Crippen MR) is 77.2 cm³/mol. The quantitative estimate of drug-likeness (QED) is 0.824. The summed E-state index contributed by atoms with van der Waals surface area (Å²) in [4.78, 5) is 25.8. The molecule has 1 aromatic rings. The van der Waals surface area contributed by atoms with Gasteiger partial charge in [-0.15, -0.1) is 11.8 Å². The van der Waals surface area contributed by atoms with Crippen molar-refractivity contribution in [3.8, 4) is 5.75 Å². The fourth-order valence-corrected chi connectivity index (χ4v) is 2.88. The average Bonchev–Trinajstić information content (AvgIpc) is 2.69. The van der Waals surface area contributed by atoms with Crippen LogP contribution in [0.2, 0.25) is 0 Å². The largest absolute Gasteiger partial charge is 0.496 e. The van der Waals surface area contributed by atoms with E-state index in [1.165, 1.54) is 25.9 Å². The molecule has 0 fully saturated rings. The summed E-state index contributed by atoms with van der Waals surface area (Å²) in [6.07, 6.45) is 0. The maximum atomic E-state index is 12.3. The predicted octanol–water partition coefficient (Wildman–Crippen LogP) is 1.13. The van der Waals surface area contributed by atoms with Crippen LogP contribution in [-0.2, 0) is 9.59 Å². The Morgan fingerprint density at radius 2 is 1.95 bits per heavy atom. The molecule has 0 radical (unpaired) electrons. The Balaban J connectivity index is 2.55. The minimum absolute atomic E-state index is 0.0570. The Hall–Kier alpha value is -1.79. The van der Waals surface area contributed by atoms with Crippen LogP contribution in [-0.4, -0.2) is 48.3 Å². The molecule has 1 aliphatic rings. The molecule has 5 nitrogen and oxygen atoms in total. The van der Waals surface area contributed by atoms with Crippen molar-refractivity contribution in [3.05, 3.63) is 34.7 Å². The molecule has 106 valence electrons. The van der Waals surface area contributed by atoms with Gasteiger partial charge in [-0.1, -0.05) is 18.2 Å². The van der Waals surface area contributed by atoms with Crippen molar-refractivity contribution in [2.45, 2.75) is 0 Å². The summed E-state index contributed by atoms with van der Waals surface area (Å²) in [7, 11) is 2.97. The Bertz CT molecular complexity index is 582. The van der Waals surface area contributed by atoms with E-state index in [0.717, 1.165) is 4.90 Å². The molecule has 0 unspecified atom stereocenters. The van der Waals surface area contributed by atoms with Gasteiger partial charge >= 0.3 is 0 Å². The SMILES string of the molecule is COc1ccccc1C1=C(SCCO)C(=O)N(C)C1=O. The van der Waals surface area contributed by atoms with E-state index in [4.69, 9.17) is 9.84 Å². The monoisotopic (exact) mass is 293 g/mol. The van der Waals surface area contributed by atoms with Crippen LogP contribution in [0.25, 0.3) is 5.57 Å². The Labute approximate surface area is 121 Å². The minimum atomic E-state index is -0.347. The molecule has 0 atom stereocenters. The van der Waals surface area contributed by atoms with Crippen LogP contribution in [0.15, 0.2) is 29.2 Å². The van der Waals surface area contributed by atoms with Gasteiger partial charge in [0.1, 0.15) is 5.75 Å². The number of imide groups is 1. The number of carbonyl (C=O) groups excluding carboxylic acids is 2. The first-order valence-corrected chi connectivity index (χ1v) is 7.04. The fraction of sp³-hybridized carbons (Fsp3) is 0.286. The van der Waals surface area contributed by atoms with Crippen LogP contribution in [0.1, 0.15) is 5.56 Å². The van der Waals surface area contributed by atoms with Crippen LogP contribution in [0, 0.1) is 0 Å². The first-order valence-electron chi connectivity index (χ1n) is 6.05. The summed E-state index contributed by atoms with van der Waals surface area (Å²) in [6, 6.07) is 7.08. The number of aliphatic hydroxyl groups is 1. The number of para-hydroxylation sites is 1. The lowest BCUT2D eigenvalue weighted by atomic mass is 10.1. The zero-order valence-corrected chi connectivity index (χ0v) is 12.1. The Kier molecular flexibility index (Phi) is 4.46. The highest BCUT2D eigenvalue weighted by molar-refractivity contribution is 8.04. The first kappa shape index (κ1) is 14.6. The van der Waals surface area contributed by atoms with Crippen molar-refractivity contribution in [2.24, 2.45) is 0 Å². The highest BCUT2D eigenvalue weighted by Gasteiger charge is 2.37. The summed E-state index contributed by atoms with van der Waals surface area (Å²) < 4.78 is 5.25. The van der Waals surface area contributed by atoms with Gasteiger partial charge in [-0.3, -0.25) is 14.5 Å². The van der Waals surface area contributed by atoms with E-state index in [1.807, 2.05) is 0 Å². The molecule has 0 aliphatic carbocycles. The second kappa shape index (κ2) is 6.11. The lowest BCUT2D eigenvalue weighted by Crippen LogP contribution is -2.26. The molecular weight excluding hydrogens is 278 g/mol. The molecule has 6 heteroatoms. The highest BCUT2D eigenvalue weighted by atomic mass is 32.2. The molecule has 2 amide bonds. The molecule has 0 saturated heterocycles. The second-order valence-electron chi connectivity index (χ2n) is 4.15. The zero-order chi connectivity index (χ0) is 14.7. The molecular formula is C14H15NO4S. The third kappa shape index (κ3) is 2.44. The summed E-state index contributed by atoms with van der Waals surface area (Å²) in [5.41, 5.74) is 0.937. The lowest BCUT2D eigenvalue weighted by Gasteiger charge is -2.09. The normalized spacial score (nSPS) is 15.2. The van der Waals surface area contributed by atoms with Crippen molar-refractivity contribution in [1.29, 1.82) is 0 Å². The number of carbonyl (C=O) groups is 2. The summed E-state index contributed by atoms with van der Waals surface area (Å²) in [6.45, 7) is -0.0570. The van der Waals surface area contributed by atoms with Crippen molar-refractivity contribution in [3.63, 3.8) is 0 Å². The first-order chi connectivity index (χ1) is 9.61. The molecule has 20 heavy (non-hydrogen) atoms. The molecule has 0 spiro atoms. The molecule has 1 N–H and O–H groups in total. The summed E-state index contributed by atoms with van der Waals surface area (Å²) in [5, 5.41) is 8.92. The van der Waals surface area contributed by atoms with Crippen molar-refractivity contribution < 1.29 is 19.4 Å². The van der Waals surface area contributed by atoms with Gasteiger partial charge in [-0.05, 0) is 6.07 Å². The van der Waals surface area contributed by atoms with E-state index < -0.39 is 0 Å². The molecule has 1 heterocycles. The number of thioether (sulfide) groups is 1. The number of amides is 2. The van der Waals surface area contributed by atoms with Gasteiger partial charge in [-0.25, -0.2) is 0 Å². The molecule has 0 bridgehead atoms. The van der Waals surface area contributed by atoms with Gasteiger partial charge in [0.15, 0.2) is 0 Å². The van der Waals surface area contributed by atoms with Crippen molar-refractivity contribution >= 4 is 29.1 Å². The summed E-state index contributed by atoms with van der Waals surface area (Å²) >= 11 is 1.18. The molecule has 0 saturated carbocycles. The molecule has 1 aliphatic heterocycles. The number of methoxy groups -OCH3 is 1. The number of hydrogen-bond acceptors (Lipinski definition) is 5. The number of rotatable bonds is 5. The number of likely N-dealkylation sites (N-methyl/N-ethyl adjacent to an activating group) is 1. The van der Waals surface area contributed by atoms with Gasteiger partial charge in [0.25, 0.3) is 11.8 Å². The fourth-order valence-electron chi connectivity index (χ4n) is 1.99. The van der Waals surface area contributed by atoms with Crippen LogP contribution < -0.4 is 4.74 Å². The van der Waals surface area contributed by atoms with E-state index in [-0.39, 0.29) is 18.4 Å². The number of ether oxygens (including phenoxy) is 1. The van der Waals surface area contributed by atoms with Crippen LogP contribution >= 0.6 is 11.8 Å². The second-order valence-corrected chi connectivity index (χ2v) is 5.25. The number of aliphatic hydroxyl groups excluding tert-OH is 1.